The predicted octanol–water partition coefficient (Wildman–Crippen LogP) is 4.22. The molecule has 1 unspecified atom stereocenters. The summed E-state index contributed by atoms with van der Waals surface area (Å²) in [7, 11) is -3.64. The van der Waals surface area contributed by atoms with Gasteiger partial charge in [0.1, 0.15) is 4.75 Å². The molecule has 3 aromatic rings. The number of aromatic nitrogens is 2. The highest BCUT2D eigenvalue weighted by atomic mass is 32.2. The van der Waals surface area contributed by atoms with Gasteiger partial charge in [0.15, 0.2) is 5.65 Å². The van der Waals surface area contributed by atoms with Crippen LogP contribution < -0.4 is 0 Å². The van der Waals surface area contributed by atoms with Crippen LogP contribution >= 0.6 is 11.3 Å². The Kier molecular flexibility index (Phi) is 3.47. The van der Waals surface area contributed by atoms with Gasteiger partial charge in [-0.3, -0.25) is 0 Å². The lowest BCUT2D eigenvalue weighted by molar-refractivity contribution is 0.554. The fraction of sp³-hybridized carbons (Fsp3) is 0.167. The Hall–Kier alpha value is -2.18. The van der Waals surface area contributed by atoms with Crippen LogP contribution in [0.2, 0.25) is 0 Å². The first-order valence-electron chi connectivity index (χ1n) is 7.61. The molecule has 0 radical (unpaired) electrons. The van der Waals surface area contributed by atoms with E-state index in [-0.39, 0.29) is 0 Å². The van der Waals surface area contributed by atoms with E-state index in [1.165, 1.54) is 3.97 Å². The number of nitrogens with zero attached hydrogens (tertiary/aromatic N) is 2. The van der Waals surface area contributed by atoms with E-state index in [4.69, 9.17) is 0 Å². The van der Waals surface area contributed by atoms with E-state index in [9.17, 15) is 8.42 Å². The zero-order valence-corrected chi connectivity index (χ0v) is 14.7. The van der Waals surface area contributed by atoms with Crippen LogP contribution in [0, 0.1) is 0 Å². The van der Waals surface area contributed by atoms with E-state index < -0.39 is 14.8 Å². The Labute approximate surface area is 144 Å². The predicted molar refractivity (Wildman–Crippen MR) is 98.7 cm³/mol. The fourth-order valence-electron chi connectivity index (χ4n) is 2.99. The summed E-state index contributed by atoms with van der Waals surface area (Å²) in [5.74, 6) is 0. The van der Waals surface area contributed by atoms with Crippen molar-refractivity contribution in [1.29, 1.82) is 0 Å². The van der Waals surface area contributed by atoms with Crippen molar-refractivity contribution >= 4 is 32.4 Å². The van der Waals surface area contributed by atoms with Crippen molar-refractivity contribution in [3.05, 3.63) is 65.7 Å². The average molecular weight is 356 g/mol. The van der Waals surface area contributed by atoms with E-state index in [1.807, 2.05) is 41.1 Å². The summed E-state index contributed by atoms with van der Waals surface area (Å²) in [4.78, 5) is 4.35. The standard InChI is InChI=1S/C18H16N2O2S2/c1-18(8-3-2-4-9-18)24(21,22)20-12-16(14-7-11-23-13-14)15-6-5-10-19-17(15)20/h2-8,10-13H,9H2,1H3. The van der Waals surface area contributed by atoms with Crippen LogP contribution in [0.15, 0.2) is 65.7 Å². The molecule has 0 saturated carbocycles. The number of thiophene rings is 1. The smallest absolute Gasteiger partial charge is 0.237 e. The van der Waals surface area contributed by atoms with Gasteiger partial charge in [-0.1, -0.05) is 24.3 Å². The second-order valence-electron chi connectivity index (χ2n) is 6.03. The number of fused-ring (bicyclic) bond motifs is 1. The largest absolute Gasteiger partial charge is 0.249 e. The number of allylic oxidation sites excluding steroid dienone is 3. The van der Waals surface area contributed by atoms with Gasteiger partial charge in [0.25, 0.3) is 0 Å². The van der Waals surface area contributed by atoms with E-state index in [0.717, 1.165) is 16.5 Å². The van der Waals surface area contributed by atoms with Crippen LogP contribution in [-0.2, 0) is 10.0 Å². The molecule has 122 valence electrons. The summed E-state index contributed by atoms with van der Waals surface area (Å²) in [5, 5.41) is 4.85. The maximum Gasteiger partial charge on any atom is 0.249 e. The number of rotatable bonds is 3. The van der Waals surface area contributed by atoms with Crippen molar-refractivity contribution in [3.8, 4) is 11.1 Å². The summed E-state index contributed by atoms with van der Waals surface area (Å²) in [6.45, 7) is 1.75. The van der Waals surface area contributed by atoms with Crippen LogP contribution in [0.25, 0.3) is 22.2 Å². The Balaban J connectivity index is 1.98. The van der Waals surface area contributed by atoms with Crippen LogP contribution in [0.1, 0.15) is 13.3 Å². The summed E-state index contributed by atoms with van der Waals surface area (Å²) in [6, 6.07) is 5.74. The Morgan fingerprint density at radius 2 is 2.17 bits per heavy atom. The van der Waals surface area contributed by atoms with E-state index in [1.54, 1.807) is 42.8 Å². The highest BCUT2D eigenvalue weighted by Crippen LogP contribution is 2.36. The summed E-state index contributed by atoms with van der Waals surface area (Å²) in [5.41, 5.74) is 2.38. The lowest BCUT2D eigenvalue weighted by Crippen LogP contribution is -2.37. The van der Waals surface area contributed by atoms with Crippen molar-refractivity contribution in [2.75, 3.05) is 0 Å². The molecule has 0 N–H and O–H groups in total. The molecule has 0 amide bonds. The van der Waals surface area contributed by atoms with Gasteiger partial charge in [0.2, 0.25) is 10.0 Å². The second-order valence-corrected chi connectivity index (χ2v) is 9.09. The van der Waals surface area contributed by atoms with Crippen molar-refractivity contribution in [3.63, 3.8) is 0 Å². The second kappa shape index (κ2) is 5.43. The van der Waals surface area contributed by atoms with Gasteiger partial charge >= 0.3 is 0 Å². The number of hydrogen-bond donors (Lipinski definition) is 0. The molecule has 4 rings (SSSR count). The SMILES string of the molecule is CC1(S(=O)(=O)n2cc(-c3ccsc3)c3cccnc32)C=CC=CC1. The lowest BCUT2D eigenvalue weighted by Gasteiger charge is -2.26. The quantitative estimate of drug-likeness (QED) is 0.706. The zero-order chi connectivity index (χ0) is 16.8. The Morgan fingerprint density at radius 3 is 2.88 bits per heavy atom. The molecule has 1 atom stereocenters. The van der Waals surface area contributed by atoms with Gasteiger partial charge in [0.05, 0.1) is 0 Å². The molecular weight excluding hydrogens is 340 g/mol. The normalized spacial score (nSPS) is 20.7. The van der Waals surface area contributed by atoms with Crippen LogP contribution in [0.3, 0.4) is 0 Å². The first kappa shape index (κ1) is 15.4. The third-order valence-corrected chi connectivity index (χ3v) is 7.39. The van der Waals surface area contributed by atoms with Gasteiger partial charge < -0.3 is 0 Å². The molecule has 0 saturated heterocycles. The maximum absolute atomic E-state index is 13.3. The average Bonchev–Trinajstić information content (AvgIpc) is 3.23. The van der Waals surface area contributed by atoms with Gasteiger partial charge in [-0.25, -0.2) is 17.4 Å². The van der Waals surface area contributed by atoms with Crippen LogP contribution in [0.5, 0.6) is 0 Å². The third kappa shape index (κ3) is 2.17. The highest BCUT2D eigenvalue weighted by Gasteiger charge is 2.39. The van der Waals surface area contributed by atoms with Crippen molar-refractivity contribution in [2.45, 2.75) is 18.1 Å². The first-order valence-corrected chi connectivity index (χ1v) is 9.99. The lowest BCUT2D eigenvalue weighted by atomic mass is 10.0. The van der Waals surface area contributed by atoms with Crippen molar-refractivity contribution < 1.29 is 8.42 Å². The van der Waals surface area contributed by atoms with E-state index in [0.29, 0.717) is 12.1 Å². The summed E-state index contributed by atoms with van der Waals surface area (Å²) < 4.78 is 27.1. The third-order valence-electron chi connectivity index (χ3n) is 4.43. The molecule has 0 fully saturated rings. The first-order chi connectivity index (χ1) is 11.5. The van der Waals surface area contributed by atoms with Gasteiger partial charge in [-0.15, -0.1) is 0 Å². The molecule has 1 aliphatic rings. The summed E-state index contributed by atoms with van der Waals surface area (Å²) in [6.07, 6.45) is 11.1. The fourth-order valence-corrected chi connectivity index (χ4v) is 5.27. The van der Waals surface area contributed by atoms with Crippen molar-refractivity contribution in [1.82, 2.24) is 8.96 Å². The molecule has 0 bridgehead atoms. The van der Waals surface area contributed by atoms with Gasteiger partial charge in [-0.2, -0.15) is 11.3 Å². The topological polar surface area (TPSA) is 52.0 Å². The van der Waals surface area contributed by atoms with E-state index in [2.05, 4.69) is 4.98 Å². The molecule has 4 nitrogen and oxygen atoms in total. The monoisotopic (exact) mass is 356 g/mol. The molecule has 0 aromatic carbocycles. The summed E-state index contributed by atoms with van der Waals surface area (Å²) >= 11 is 1.59. The highest BCUT2D eigenvalue weighted by molar-refractivity contribution is 7.91. The number of pyridine rings is 1. The Morgan fingerprint density at radius 1 is 1.29 bits per heavy atom. The maximum atomic E-state index is 13.3. The molecule has 24 heavy (non-hydrogen) atoms. The minimum atomic E-state index is -3.64. The molecule has 0 spiro atoms. The molecule has 1 aliphatic carbocycles. The molecular formula is C18H16N2O2S2. The molecule has 3 heterocycles. The van der Waals surface area contributed by atoms with Crippen molar-refractivity contribution in [2.24, 2.45) is 0 Å². The van der Waals surface area contributed by atoms with Gasteiger partial charge in [0, 0.05) is 23.3 Å². The van der Waals surface area contributed by atoms with Gasteiger partial charge in [-0.05, 0) is 47.9 Å². The Bertz CT molecular complexity index is 1060. The molecule has 6 heteroatoms. The molecule has 0 aliphatic heterocycles. The number of hydrogen-bond acceptors (Lipinski definition) is 4. The molecule has 3 aromatic heterocycles. The zero-order valence-electron chi connectivity index (χ0n) is 13.1. The van der Waals surface area contributed by atoms with Crippen LogP contribution in [-0.4, -0.2) is 22.1 Å². The van der Waals surface area contributed by atoms with Crippen LogP contribution in [0.4, 0.5) is 0 Å². The minimum absolute atomic E-state index is 0.451. The minimum Gasteiger partial charge on any atom is -0.237 e. The van der Waals surface area contributed by atoms with E-state index >= 15 is 0 Å².